The summed E-state index contributed by atoms with van der Waals surface area (Å²) in [7, 11) is 0. The van der Waals surface area contributed by atoms with Crippen LogP contribution in [0.3, 0.4) is 0 Å². The maximum atomic E-state index is 12.2. The Hall–Kier alpha value is -1.57. The first-order chi connectivity index (χ1) is 8.81. The Kier molecular flexibility index (Phi) is 5.34. The number of nitrogens with zero attached hydrogens (tertiary/aromatic N) is 1. The Morgan fingerprint density at radius 1 is 1.00 bits per heavy atom. The minimum absolute atomic E-state index is 0.0733. The fourth-order valence-electron chi connectivity index (χ4n) is 2.46. The predicted octanol–water partition coefficient (Wildman–Crippen LogP) is 3.96. The third-order valence-electron chi connectivity index (χ3n) is 3.03. The molecule has 0 saturated carbocycles. The summed E-state index contributed by atoms with van der Waals surface area (Å²) in [6, 6.07) is 6.75. The Bertz CT molecular complexity index is 444. The summed E-state index contributed by atoms with van der Waals surface area (Å²) in [5, 5.41) is 0. The molecule has 104 valence electrons. The molecule has 2 heteroatoms. The summed E-state index contributed by atoms with van der Waals surface area (Å²) in [5.41, 5.74) is 3.52. The standard InChI is InChI=1S/C17H25NO/c1-12(2)18(13(3)4)17(19)8-7-16-10-14(5)9-15(6)11-16/h7-13H,1-6H3/b8-7+. The van der Waals surface area contributed by atoms with E-state index in [1.165, 1.54) is 11.1 Å². The molecule has 0 atom stereocenters. The molecule has 0 unspecified atom stereocenters. The normalized spacial score (nSPS) is 11.6. The van der Waals surface area contributed by atoms with Crippen LogP contribution in [-0.4, -0.2) is 22.9 Å². The number of hydrogen-bond acceptors (Lipinski definition) is 1. The molecule has 0 aromatic heterocycles. The van der Waals surface area contributed by atoms with Crippen LogP contribution in [-0.2, 0) is 4.79 Å². The number of carbonyl (C=O) groups excluding carboxylic acids is 1. The van der Waals surface area contributed by atoms with Gasteiger partial charge in [0.25, 0.3) is 0 Å². The summed E-state index contributed by atoms with van der Waals surface area (Å²) < 4.78 is 0. The average Bonchev–Trinajstić information content (AvgIpc) is 2.23. The molecule has 1 aromatic carbocycles. The van der Waals surface area contributed by atoms with E-state index in [1.807, 2.05) is 38.7 Å². The van der Waals surface area contributed by atoms with Gasteiger partial charge in [0.2, 0.25) is 5.91 Å². The number of rotatable bonds is 4. The third kappa shape index (κ3) is 4.55. The highest BCUT2D eigenvalue weighted by molar-refractivity contribution is 5.92. The minimum Gasteiger partial charge on any atom is -0.334 e. The van der Waals surface area contributed by atoms with Crippen molar-refractivity contribution in [1.82, 2.24) is 4.90 Å². The molecule has 0 aliphatic heterocycles. The SMILES string of the molecule is Cc1cc(C)cc(/C=C/C(=O)N(C(C)C)C(C)C)c1. The Labute approximate surface area is 117 Å². The first kappa shape index (κ1) is 15.5. The summed E-state index contributed by atoms with van der Waals surface area (Å²) in [4.78, 5) is 14.1. The van der Waals surface area contributed by atoms with Crippen LogP contribution in [0.15, 0.2) is 24.3 Å². The molecule has 1 rings (SSSR count). The van der Waals surface area contributed by atoms with Crippen LogP contribution in [0.1, 0.15) is 44.4 Å². The fraction of sp³-hybridized carbons (Fsp3) is 0.471. The van der Waals surface area contributed by atoms with Crippen LogP contribution in [0, 0.1) is 13.8 Å². The number of hydrogen-bond donors (Lipinski definition) is 0. The molecular formula is C17H25NO. The summed E-state index contributed by atoms with van der Waals surface area (Å²) in [5.74, 6) is 0.0733. The number of carbonyl (C=O) groups is 1. The van der Waals surface area contributed by atoms with Crippen molar-refractivity contribution in [2.24, 2.45) is 0 Å². The monoisotopic (exact) mass is 259 g/mol. The van der Waals surface area contributed by atoms with Gasteiger partial charge < -0.3 is 4.90 Å². The zero-order valence-corrected chi connectivity index (χ0v) is 12.9. The third-order valence-corrected chi connectivity index (χ3v) is 3.03. The second-order valence-corrected chi connectivity index (χ2v) is 5.69. The molecule has 19 heavy (non-hydrogen) atoms. The predicted molar refractivity (Wildman–Crippen MR) is 82.1 cm³/mol. The molecule has 0 bridgehead atoms. The molecule has 0 spiro atoms. The van der Waals surface area contributed by atoms with Gasteiger partial charge in [-0.25, -0.2) is 0 Å². The molecule has 1 aromatic rings. The van der Waals surface area contributed by atoms with Gasteiger partial charge in [-0.1, -0.05) is 29.3 Å². The minimum atomic E-state index is 0.0733. The first-order valence-electron chi connectivity index (χ1n) is 6.90. The summed E-state index contributed by atoms with van der Waals surface area (Å²) >= 11 is 0. The number of aryl methyl sites for hydroxylation is 2. The molecular weight excluding hydrogens is 234 g/mol. The van der Waals surface area contributed by atoms with E-state index >= 15 is 0 Å². The molecule has 0 aliphatic carbocycles. The second kappa shape index (κ2) is 6.55. The van der Waals surface area contributed by atoms with Gasteiger partial charge in [-0.15, -0.1) is 0 Å². The molecule has 0 saturated heterocycles. The van der Waals surface area contributed by atoms with Crippen molar-refractivity contribution in [2.45, 2.75) is 53.6 Å². The largest absolute Gasteiger partial charge is 0.334 e. The van der Waals surface area contributed by atoms with Gasteiger partial charge in [0.1, 0.15) is 0 Å². The Balaban J connectivity index is 2.88. The molecule has 0 aliphatic rings. The molecule has 2 nitrogen and oxygen atoms in total. The van der Waals surface area contributed by atoms with E-state index in [2.05, 4.69) is 32.0 Å². The zero-order valence-electron chi connectivity index (χ0n) is 12.9. The van der Waals surface area contributed by atoms with E-state index in [4.69, 9.17) is 0 Å². The molecule has 0 radical (unpaired) electrons. The smallest absolute Gasteiger partial charge is 0.247 e. The zero-order chi connectivity index (χ0) is 14.6. The molecule has 0 heterocycles. The van der Waals surface area contributed by atoms with Crippen LogP contribution in [0.5, 0.6) is 0 Å². The van der Waals surface area contributed by atoms with Crippen molar-refractivity contribution in [3.05, 3.63) is 41.0 Å². The van der Waals surface area contributed by atoms with E-state index in [0.29, 0.717) is 0 Å². The average molecular weight is 259 g/mol. The highest BCUT2D eigenvalue weighted by Crippen LogP contribution is 2.12. The maximum Gasteiger partial charge on any atom is 0.247 e. The van der Waals surface area contributed by atoms with Crippen molar-refractivity contribution in [3.63, 3.8) is 0 Å². The van der Waals surface area contributed by atoms with Crippen molar-refractivity contribution in [3.8, 4) is 0 Å². The van der Waals surface area contributed by atoms with Crippen LogP contribution in [0.25, 0.3) is 6.08 Å². The van der Waals surface area contributed by atoms with Gasteiger partial charge in [0.05, 0.1) is 0 Å². The van der Waals surface area contributed by atoms with E-state index in [9.17, 15) is 4.79 Å². The first-order valence-corrected chi connectivity index (χ1v) is 6.90. The van der Waals surface area contributed by atoms with Crippen LogP contribution in [0.4, 0.5) is 0 Å². The number of benzene rings is 1. The van der Waals surface area contributed by atoms with E-state index in [1.54, 1.807) is 6.08 Å². The molecule has 0 fully saturated rings. The Morgan fingerprint density at radius 2 is 1.47 bits per heavy atom. The van der Waals surface area contributed by atoms with E-state index in [-0.39, 0.29) is 18.0 Å². The quantitative estimate of drug-likeness (QED) is 0.749. The summed E-state index contributed by atoms with van der Waals surface area (Å²) in [6.45, 7) is 12.3. The summed E-state index contributed by atoms with van der Waals surface area (Å²) in [6.07, 6.45) is 3.58. The highest BCUT2D eigenvalue weighted by Gasteiger charge is 2.17. The Morgan fingerprint density at radius 3 is 1.89 bits per heavy atom. The van der Waals surface area contributed by atoms with E-state index in [0.717, 1.165) is 5.56 Å². The van der Waals surface area contributed by atoms with Gasteiger partial charge in [-0.3, -0.25) is 4.79 Å². The van der Waals surface area contributed by atoms with Gasteiger partial charge in [0, 0.05) is 18.2 Å². The topological polar surface area (TPSA) is 20.3 Å². The van der Waals surface area contributed by atoms with Crippen molar-refractivity contribution >= 4 is 12.0 Å². The lowest BCUT2D eigenvalue weighted by Gasteiger charge is -2.29. The van der Waals surface area contributed by atoms with Gasteiger partial charge in [0.15, 0.2) is 0 Å². The van der Waals surface area contributed by atoms with Gasteiger partial charge in [-0.05, 0) is 53.2 Å². The lowest BCUT2D eigenvalue weighted by atomic mass is 10.1. The lowest BCUT2D eigenvalue weighted by molar-refractivity contribution is -0.129. The molecule has 1 amide bonds. The van der Waals surface area contributed by atoms with Crippen molar-refractivity contribution in [1.29, 1.82) is 0 Å². The highest BCUT2D eigenvalue weighted by atomic mass is 16.2. The van der Waals surface area contributed by atoms with Gasteiger partial charge >= 0.3 is 0 Å². The second-order valence-electron chi connectivity index (χ2n) is 5.69. The fourth-order valence-corrected chi connectivity index (χ4v) is 2.46. The molecule has 0 N–H and O–H groups in total. The van der Waals surface area contributed by atoms with Crippen LogP contribution in [0.2, 0.25) is 0 Å². The van der Waals surface area contributed by atoms with Gasteiger partial charge in [-0.2, -0.15) is 0 Å². The van der Waals surface area contributed by atoms with Crippen molar-refractivity contribution < 1.29 is 4.79 Å². The maximum absolute atomic E-state index is 12.2. The number of amides is 1. The van der Waals surface area contributed by atoms with Crippen LogP contribution >= 0.6 is 0 Å². The lowest BCUT2D eigenvalue weighted by Crippen LogP contribution is -2.41. The van der Waals surface area contributed by atoms with Crippen LogP contribution < -0.4 is 0 Å². The van der Waals surface area contributed by atoms with Crippen molar-refractivity contribution in [2.75, 3.05) is 0 Å². The van der Waals surface area contributed by atoms with E-state index < -0.39 is 0 Å².